The number of aromatic nitrogens is 1. The molecule has 0 saturated carbocycles. The lowest BCUT2D eigenvalue weighted by molar-refractivity contribution is 0.101. The Hall–Kier alpha value is -1.96. The average Bonchev–Trinajstić information content (AvgIpc) is 2.29. The van der Waals surface area contributed by atoms with Gasteiger partial charge in [-0.2, -0.15) is 0 Å². The van der Waals surface area contributed by atoms with Crippen LogP contribution in [0.5, 0.6) is 0 Å². The van der Waals surface area contributed by atoms with E-state index in [1.165, 1.54) is 5.56 Å². The van der Waals surface area contributed by atoms with Crippen LogP contribution in [0.3, 0.4) is 0 Å². The van der Waals surface area contributed by atoms with E-state index in [1.54, 1.807) is 13.1 Å². The topological polar surface area (TPSA) is 30.0 Å². The predicted octanol–water partition coefficient (Wildman–Crippen LogP) is 3.57. The van der Waals surface area contributed by atoms with E-state index in [2.05, 4.69) is 11.9 Å². The zero-order valence-corrected chi connectivity index (χ0v) is 10.3. The summed E-state index contributed by atoms with van der Waals surface area (Å²) in [7, 11) is 0. The lowest BCUT2D eigenvalue weighted by atomic mass is 9.97. The normalized spacial score (nSPS) is 10.3. The van der Waals surface area contributed by atoms with Crippen molar-refractivity contribution in [1.29, 1.82) is 0 Å². The van der Waals surface area contributed by atoms with E-state index in [1.807, 2.05) is 37.4 Å². The average molecular weight is 225 g/mol. The molecule has 0 bridgehead atoms. The second-order valence-electron chi connectivity index (χ2n) is 4.28. The highest BCUT2D eigenvalue weighted by Gasteiger charge is 2.07. The van der Waals surface area contributed by atoms with E-state index in [0.717, 1.165) is 22.3 Å². The van der Waals surface area contributed by atoms with Gasteiger partial charge in [-0.1, -0.05) is 18.2 Å². The third kappa shape index (κ3) is 2.26. The van der Waals surface area contributed by atoms with Crippen molar-refractivity contribution in [3.63, 3.8) is 0 Å². The number of pyridine rings is 1. The van der Waals surface area contributed by atoms with Gasteiger partial charge in [0, 0.05) is 23.5 Å². The first kappa shape index (κ1) is 11.5. The molecule has 0 aliphatic heterocycles. The van der Waals surface area contributed by atoms with Gasteiger partial charge in [0.15, 0.2) is 5.78 Å². The van der Waals surface area contributed by atoms with E-state index in [-0.39, 0.29) is 5.78 Å². The molecule has 2 aromatic rings. The van der Waals surface area contributed by atoms with Crippen LogP contribution in [-0.4, -0.2) is 10.8 Å². The third-order valence-corrected chi connectivity index (χ3v) is 2.96. The first-order chi connectivity index (χ1) is 8.09. The van der Waals surface area contributed by atoms with Crippen LogP contribution in [0, 0.1) is 13.8 Å². The van der Waals surface area contributed by atoms with Crippen LogP contribution in [0.2, 0.25) is 0 Å². The van der Waals surface area contributed by atoms with Gasteiger partial charge >= 0.3 is 0 Å². The van der Waals surface area contributed by atoms with E-state index >= 15 is 0 Å². The number of nitrogens with zero attached hydrogens (tertiary/aromatic N) is 1. The number of aryl methyl sites for hydroxylation is 2. The summed E-state index contributed by atoms with van der Waals surface area (Å²) in [6, 6.07) is 7.90. The highest BCUT2D eigenvalue weighted by Crippen LogP contribution is 2.24. The Balaban J connectivity index is 2.52. The Morgan fingerprint density at radius 3 is 2.47 bits per heavy atom. The molecule has 0 atom stereocenters. The van der Waals surface area contributed by atoms with Crippen LogP contribution >= 0.6 is 0 Å². The quantitative estimate of drug-likeness (QED) is 0.731. The maximum absolute atomic E-state index is 11.4. The maximum Gasteiger partial charge on any atom is 0.160 e. The van der Waals surface area contributed by atoms with Crippen molar-refractivity contribution < 1.29 is 4.79 Å². The van der Waals surface area contributed by atoms with Gasteiger partial charge in [-0.25, -0.2) is 0 Å². The molecule has 0 radical (unpaired) electrons. The van der Waals surface area contributed by atoms with E-state index in [9.17, 15) is 4.79 Å². The molecule has 1 heterocycles. The van der Waals surface area contributed by atoms with Crippen LogP contribution in [-0.2, 0) is 0 Å². The summed E-state index contributed by atoms with van der Waals surface area (Å²) >= 11 is 0. The minimum atomic E-state index is 0.108. The van der Waals surface area contributed by atoms with E-state index in [4.69, 9.17) is 0 Å². The van der Waals surface area contributed by atoms with Gasteiger partial charge in [-0.15, -0.1) is 0 Å². The molecule has 2 rings (SSSR count). The molecule has 2 heteroatoms. The molecule has 0 fully saturated rings. The van der Waals surface area contributed by atoms with Crippen LogP contribution < -0.4 is 0 Å². The molecule has 0 aliphatic carbocycles. The molecule has 1 aromatic carbocycles. The molecule has 0 spiro atoms. The van der Waals surface area contributed by atoms with Crippen LogP contribution in [0.4, 0.5) is 0 Å². The molecule has 2 nitrogen and oxygen atoms in total. The van der Waals surface area contributed by atoms with Gasteiger partial charge in [0.25, 0.3) is 0 Å². The monoisotopic (exact) mass is 225 g/mol. The number of carbonyl (C=O) groups is 1. The fraction of sp³-hybridized carbons (Fsp3) is 0.200. The summed E-state index contributed by atoms with van der Waals surface area (Å²) < 4.78 is 0. The summed E-state index contributed by atoms with van der Waals surface area (Å²) in [6.07, 6.45) is 3.65. The maximum atomic E-state index is 11.4. The lowest BCUT2D eigenvalue weighted by Gasteiger charge is -2.08. The van der Waals surface area contributed by atoms with Gasteiger partial charge < -0.3 is 0 Å². The Kier molecular flexibility index (Phi) is 3.05. The molecular formula is C15H15NO. The zero-order valence-electron chi connectivity index (χ0n) is 10.3. The van der Waals surface area contributed by atoms with Crippen LogP contribution in [0.15, 0.2) is 36.7 Å². The molecule has 86 valence electrons. The third-order valence-electron chi connectivity index (χ3n) is 2.96. The lowest BCUT2D eigenvalue weighted by Crippen LogP contribution is -1.96. The van der Waals surface area contributed by atoms with Crippen molar-refractivity contribution in [3.8, 4) is 11.1 Å². The van der Waals surface area contributed by atoms with Gasteiger partial charge in [0.1, 0.15) is 0 Å². The number of rotatable bonds is 2. The fourth-order valence-electron chi connectivity index (χ4n) is 1.99. The molecule has 1 aromatic heterocycles. The smallest absolute Gasteiger partial charge is 0.160 e. The first-order valence-corrected chi connectivity index (χ1v) is 5.62. The summed E-state index contributed by atoms with van der Waals surface area (Å²) in [5.41, 5.74) is 5.22. The minimum absolute atomic E-state index is 0.108. The van der Waals surface area contributed by atoms with Crippen molar-refractivity contribution in [2.75, 3.05) is 0 Å². The number of benzene rings is 1. The molecule has 0 N–H and O–H groups in total. The summed E-state index contributed by atoms with van der Waals surface area (Å²) in [5.74, 6) is 0.108. The fourth-order valence-corrected chi connectivity index (χ4v) is 1.99. The van der Waals surface area contributed by atoms with Crippen LogP contribution in [0.1, 0.15) is 28.4 Å². The molecule has 0 saturated heterocycles. The largest absolute Gasteiger partial charge is 0.295 e. The number of Topliss-reactive ketones (excluding diaryl/α,β-unsaturated/α-hetero) is 1. The van der Waals surface area contributed by atoms with Crippen LogP contribution in [0.25, 0.3) is 11.1 Å². The van der Waals surface area contributed by atoms with Crippen molar-refractivity contribution >= 4 is 5.78 Å². The first-order valence-electron chi connectivity index (χ1n) is 5.62. The van der Waals surface area contributed by atoms with E-state index < -0.39 is 0 Å². The second kappa shape index (κ2) is 4.50. The van der Waals surface area contributed by atoms with Crippen molar-refractivity contribution in [3.05, 3.63) is 53.3 Å². The second-order valence-corrected chi connectivity index (χ2v) is 4.28. The summed E-state index contributed by atoms with van der Waals surface area (Å²) in [5, 5.41) is 0. The van der Waals surface area contributed by atoms with Crippen molar-refractivity contribution in [2.45, 2.75) is 20.8 Å². The highest BCUT2D eigenvalue weighted by atomic mass is 16.1. The number of hydrogen-bond acceptors (Lipinski definition) is 2. The molecule has 0 unspecified atom stereocenters. The number of hydrogen-bond donors (Lipinski definition) is 0. The Morgan fingerprint density at radius 1 is 1.12 bits per heavy atom. The standard InChI is InChI=1S/C15H15NO/c1-10-6-7-16-9-15(10)13-4-5-14(12(3)17)11(2)8-13/h4-9H,1-3H3. The van der Waals surface area contributed by atoms with Gasteiger partial charge in [-0.05, 0) is 43.5 Å². The number of carbonyl (C=O) groups excluding carboxylic acids is 1. The molecule has 17 heavy (non-hydrogen) atoms. The Labute approximate surface area is 101 Å². The molecule has 0 amide bonds. The van der Waals surface area contributed by atoms with E-state index in [0.29, 0.717) is 0 Å². The molecular weight excluding hydrogens is 210 g/mol. The minimum Gasteiger partial charge on any atom is -0.295 e. The Bertz CT molecular complexity index is 573. The number of ketones is 1. The summed E-state index contributed by atoms with van der Waals surface area (Å²) in [4.78, 5) is 15.5. The Morgan fingerprint density at radius 2 is 1.88 bits per heavy atom. The highest BCUT2D eigenvalue weighted by molar-refractivity contribution is 5.96. The van der Waals surface area contributed by atoms with Crippen molar-refractivity contribution in [2.24, 2.45) is 0 Å². The predicted molar refractivity (Wildman–Crippen MR) is 69.2 cm³/mol. The van der Waals surface area contributed by atoms with Gasteiger partial charge in [-0.3, -0.25) is 9.78 Å². The van der Waals surface area contributed by atoms with Gasteiger partial charge in [0.05, 0.1) is 0 Å². The summed E-state index contributed by atoms with van der Waals surface area (Å²) in [6.45, 7) is 5.62. The molecule has 0 aliphatic rings. The van der Waals surface area contributed by atoms with Crippen molar-refractivity contribution in [1.82, 2.24) is 4.98 Å². The zero-order chi connectivity index (χ0) is 12.4. The van der Waals surface area contributed by atoms with Gasteiger partial charge in [0.2, 0.25) is 0 Å². The SMILES string of the molecule is CC(=O)c1ccc(-c2cnccc2C)cc1C.